The summed E-state index contributed by atoms with van der Waals surface area (Å²) in [5.41, 5.74) is 5.52. The van der Waals surface area contributed by atoms with E-state index < -0.39 is 0 Å². The normalized spacial score (nSPS) is 34.2. The maximum absolute atomic E-state index is 5.52. The second kappa shape index (κ2) is 3.97. The summed E-state index contributed by atoms with van der Waals surface area (Å²) >= 11 is 0. The molecule has 1 rings (SSSR count). The maximum Gasteiger partial charge on any atom is -0.00745 e. The number of hydrogen-bond donors (Lipinski definition) is 1. The molecule has 1 fully saturated rings. The monoisotopic (exact) mass is 141 g/mol. The second-order valence-corrected chi connectivity index (χ2v) is 3.60. The van der Waals surface area contributed by atoms with Crippen LogP contribution in [0.3, 0.4) is 0 Å². The fraction of sp³-hybridized carbons (Fsp3) is 1.00. The Kier molecular flexibility index (Phi) is 3.20. The van der Waals surface area contributed by atoms with E-state index in [0.29, 0.717) is 0 Å². The molecule has 0 unspecified atom stereocenters. The molecule has 1 aliphatic carbocycles. The molecule has 0 aliphatic heterocycles. The summed E-state index contributed by atoms with van der Waals surface area (Å²) in [5.74, 6) is 1.89. The van der Waals surface area contributed by atoms with Gasteiger partial charge in [0.25, 0.3) is 0 Å². The fourth-order valence-corrected chi connectivity index (χ4v) is 2.04. The van der Waals surface area contributed by atoms with Crippen molar-refractivity contribution in [2.75, 3.05) is 6.54 Å². The van der Waals surface area contributed by atoms with Gasteiger partial charge in [-0.25, -0.2) is 0 Å². The Labute approximate surface area is 64.0 Å². The van der Waals surface area contributed by atoms with Crippen molar-refractivity contribution in [1.29, 1.82) is 0 Å². The highest BCUT2D eigenvalue weighted by Gasteiger charge is 2.19. The van der Waals surface area contributed by atoms with Gasteiger partial charge < -0.3 is 5.73 Å². The molecule has 0 heterocycles. The summed E-state index contributed by atoms with van der Waals surface area (Å²) in [7, 11) is 0. The van der Waals surface area contributed by atoms with Crippen molar-refractivity contribution < 1.29 is 0 Å². The predicted octanol–water partition coefficient (Wildman–Crippen LogP) is 2.16. The van der Waals surface area contributed by atoms with Gasteiger partial charge in [-0.2, -0.15) is 0 Å². The number of rotatable bonds is 2. The molecule has 60 valence electrons. The Morgan fingerprint density at radius 2 is 2.00 bits per heavy atom. The van der Waals surface area contributed by atoms with Crippen LogP contribution < -0.4 is 5.73 Å². The van der Waals surface area contributed by atoms with Crippen molar-refractivity contribution >= 4 is 0 Å². The van der Waals surface area contributed by atoms with Gasteiger partial charge >= 0.3 is 0 Å². The van der Waals surface area contributed by atoms with E-state index in [2.05, 4.69) is 6.92 Å². The van der Waals surface area contributed by atoms with Crippen LogP contribution in [0.15, 0.2) is 0 Å². The first-order valence-electron chi connectivity index (χ1n) is 4.54. The van der Waals surface area contributed by atoms with Crippen LogP contribution in [-0.4, -0.2) is 6.54 Å². The van der Waals surface area contributed by atoms with Crippen molar-refractivity contribution in [2.45, 2.75) is 39.0 Å². The molecule has 0 aromatic heterocycles. The van der Waals surface area contributed by atoms with E-state index in [-0.39, 0.29) is 0 Å². The van der Waals surface area contributed by atoms with E-state index in [4.69, 9.17) is 5.73 Å². The van der Waals surface area contributed by atoms with Crippen molar-refractivity contribution in [3.63, 3.8) is 0 Å². The maximum atomic E-state index is 5.52. The van der Waals surface area contributed by atoms with E-state index in [1.165, 1.54) is 32.1 Å². The lowest BCUT2D eigenvalue weighted by molar-refractivity contribution is 0.245. The summed E-state index contributed by atoms with van der Waals surface area (Å²) in [4.78, 5) is 0. The average molecular weight is 141 g/mol. The molecular weight excluding hydrogens is 122 g/mol. The van der Waals surface area contributed by atoms with Gasteiger partial charge in [0, 0.05) is 0 Å². The van der Waals surface area contributed by atoms with Crippen molar-refractivity contribution in [1.82, 2.24) is 0 Å². The third-order valence-electron chi connectivity index (χ3n) is 2.83. The first kappa shape index (κ1) is 8.06. The first-order chi connectivity index (χ1) is 4.84. The van der Waals surface area contributed by atoms with Crippen LogP contribution in [0.1, 0.15) is 39.0 Å². The summed E-state index contributed by atoms with van der Waals surface area (Å²) in [5, 5.41) is 0. The summed E-state index contributed by atoms with van der Waals surface area (Å²) in [6.07, 6.45) is 7.00. The zero-order valence-electron chi connectivity index (χ0n) is 6.97. The smallest absolute Gasteiger partial charge is 0.00745 e. The summed E-state index contributed by atoms with van der Waals surface area (Å²) in [6, 6.07) is 0. The third-order valence-corrected chi connectivity index (χ3v) is 2.83. The first-order valence-corrected chi connectivity index (χ1v) is 4.54. The molecule has 2 atom stereocenters. The van der Waals surface area contributed by atoms with Crippen molar-refractivity contribution in [3.05, 3.63) is 0 Å². The SMILES string of the molecule is C[C@H]1CCCC[C@@H]1CCN. The topological polar surface area (TPSA) is 26.0 Å². The molecule has 10 heavy (non-hydrogen) atoms. The summed E-state index contributed by atoms with van der Waals surface area (Å²) in [6.45, 7) is 3.26. The lowest BCUT2D eigenvalue weighted by atomic mass is 9.79. The summed E-state index contributed by atoms with van der Waals surface area (Å²) < 4.78 is 0. The quantitative estimate of drug-likeness (QED) is 0.626. The minimum absolute atomic E-state index is 0.884. The van der Waals surface area contributed by atoms with E-state index in [9.17, 15) is 0 Å². The van der Waals surface area contributed by atoms with E-state index in [1.807, 2.05) is 0 Å². The lowest BCUT2D eigenvalue weighted by Crippen LogP contribution is -2.19. The Bertz CT molecular complexity index is 88.7. The van der Waals surface area contributed by atoms with E-state index in [0.717, 1.165) is 18.4 Å². The van der Waals surface area contributed by atoms with Gasteiger partial charge in [-0.1, -0.05) is 32.6 Å². The van der Waals surface area contributed by atoms with E-state index in [1.54, 1.807) is 0 Å². The van der Waals surface area contributed by atoms with Crippen molar-refractivity contribution in [2.24, 2.45) is 17.6 Å². The molecule has 0 radical (unpaired) electrons. The Morgan fingerprint density at radius 3 is 2.60 bits per heavy atom. The molecule has 0 saturated heterocycles. The molecule has 1 heteroatoms. The van der Waals surface area contributed by atoms with Gasteiger partial charge in [-0.05, 0) is 24.8 Å². The Morgan fingerprint density at radius 1 is 1.30 bits per heavy atom. The highest BCUT2D eigenvalue weighted by atomic mass is 14.5. The molecule has 0 spiro atoms. The predicted molar refractivity (Wildman–Crippen MR) is 44.8 cm³/mol. The second-order valence-electron chi connectivity index (χ2n) is 3.60. The van der Waals surface area contributed by atoms with Crippen LogP contribution >= 0.6 is 0 Å². The lowest BCUT2D eigenvalue weighted by Gasteiger charge is -2.28. The minimum atomic E-state index is 0.884. The molecule has 0 amide bonds. The average Bonchev–Trinajstić information content (AvgIpc) is 1.94. The van der Waals surface area contributed by atoms with Gasteiger partial charge in [-0.15, -0.1) is 0 Å². The Balaban J connectivity index is 2.25. The largest absolute Gasteiger partial charge is 0.330 e. The van der Waals surface area contributed by atoms with Crippen molar-refractivity contribution in [3.8, 4) is 0 Å². The van der Waals surface area contributed by atoms with Crippen LogP contribution in [0.2, 0.25) is 0 Å². The van der Waals surface area contributed by atoms with Gasteiger partial charge in [0.2, 0.25) is 0 Å². The van der Waals surface area contributed by atoms with Gasteiger partial charge in [-0.3, -0.25) is 0 Å². The van der Waals surface area contributed by atoms with Crippen LogP contribution in [0.25, 0.3) is 0 Å². The molecular formula is C9H19N. The highest BCUT2D eigenvalue weighted by molar-refractivity contribution is 4.72. The van der Waals surface area contributed by atoms with Gasteiger partial charge in [0.15, 0.2) is 0 Å². The van der Waals surface area contributed by atoms with Crippen LogP contribution in [0.4, 0.5) is 0 Å². The molecule has 0 aromatic carbocycles. The van der Waals surface area contributed by atoms with Gasteiger partial charge in [0.05, 0.1) is 0 Å². The molecule has 1 nitrogen and oxygen atoms in total. The zero-order chi connectivity index (χ0) is 7.40. The molecule has 1 saturated carbocycles. The fourth-order valence-electron chi connectivity index (χ4n) is 2.04. The minimum Gasteiger partial charge on any atom is -0.330 e. The molecule has 2 N–H and O–H groups in total. The van der Waals surface area contributed by atoms with Crippen LogP contribution in [0.5, 0.6) is 0 Å². The third kappa shape index (κ3) is 1.98. The molecule has 0 bridgehead atoms. The number of nitrogens with two attached hydrogens (primary N) is 1. The van der Waals surface area contributed by atoms with Gasteiger partial charge in [0.1, 0.15) is 0 Å². The molecule has 1 aliphatic rings. The standard InChI is InChI=1S/C9H19N/c1-8-4-2-3-5-9(8)6-7-10/h8-9H,2-7,10H2,1H3/t8-,9+/m0/s1. The number of hydrogen-bond acceptors (Lipinski definition) is 1. The van der Waals surface area contributed by atoms with Crippen LogP contribution in [0, 0.1) is 11.8 Å². The van der Waals surface area contributed by atoms with E-state index >= 15 is 0 Å². The Hall–Kier alpha value is -0.0400. The van der Waals surface area contributed by atoms with Crippen LogP contribution in [-0.2, 0) is 0 Å². The zero-order valence-corrected chi connectivity index (χ0v) is 6.97. The molecule has 0 aromatic rings. The highest BCUT2D eigenvalue weighted by Crippen LogP contribution is 2.31.